The Morgan fingerprint density at radius 3 is 2.56 bits per heavy atom. The number of alkyl halides is 3. The van der Waals surface area contributed by atoms with E-state index >= 15 is 0 Å². The number of rotatable bonds is 9. The third-order valence-electron chi connectivity index (χ3n) is 6.31. The van der Waals surface area contributed by atoms with E-state index in [1.54, 1.807) is 25.1 Å². The number of hydrogen-bond acceptors (Lipinski definition) is 6. The lowest BCUT2D eigenvalue weighted by atomic mass is 10.1. The van der Waals surface area contributed by atoms with Crippen LogP contribution >= 0.6 is 11.6 Å². The summed E-state index contributed by atoms with van der Waals surface area (Å²) in [7, 11) is 0. The van der Waals surface area contributed by atoms with Crippen LogP contribution in [0.1, 0.15) is 18.1 Å². The Balaban J connectivity index is 1.48. The fraction of sp³-hybridized carbons (Fsp3) is 0.125. The van der Waals surface area contributed by atoms with Gasteiger partial charge >= 0.3 is 6.18 Å². The zero-order valence-corrected chi connectivity index (χ0v) is 24.2. The van der Waals surface area contributed by atoms with Crippen molar-refractivity contribution in [3.8, 4) is 22.9 Å². The van der Waals surface area contributed by atoms with Crippen LogP contribution in [-0.4, -0.2) is 35.0 Å². The molecule has 0 unspecified atom stereocenters. The number of carbonyl (C=O) groups is 1. The van der Waals surface area contributed by atoms with E-state index in [0.29, 0.717) is 5.56 Å². The number of amides is 1. The van der Waals surface area contributed by atoms with Crippen molar-refractivity contribution in [1.82, 2.24) is 9.66 Å². The second-order valence-electron chi connectivity index (χ2n) is 9.50. The Hall–Kier alpha value is -5.23. The molecule has 13 heteroatoms. The molecule has 0 radical (unpaired) electrons. The highest BCUT2D eigenvalue weighted by Crippen LogP contribution is 2.37. The summed E-state index contributed by atoms with van der Waals surface area (Å²) in [6, 6.07) is 19.1. The molecule has 0 aliphatic carbocycles. The summed E-state index contributed by atoms with van der Waals surface area (Å²) < 4.78 is 66.1. The largest absolute Gasteiger partial charge is 0.490 e. The maximum absolute atomic E-state index is 13.5. The number of nitrogens with one attached hydrogen (secondary N) is 1. The first kappa shape index (κ1) is 31.2. The molecule has 0 saturated heterocycles. The van der Waals surface area contributed by atoms with Crippen LogP contribution < -0.4 is 20.3 Å². The van der Waals surface area contributed by atoms with E-state index in [1.807, 2.05) is 0 Å². The molecule has 5 aromatic rings. The lowest BCUT2D eigenvalue weighted by Crippen LogP contribution is -2.21. The summed E-state index contributed by atoms with van der Waals surface area (Å²) in [6.45, 7) is 1.45. The van der Waals surface area contributed by atoms with E-state index in [-0.39, 0.29) is 51.1 Å². The lowest BCUT2D eigenvalue weighted by Gasteiger charge is -2.15. The predicted molar refractivity (Wildman–Crippen MR) is 163 cm³/mol. The molecule has 1 amide bonds. The first-order valence-electron chi connectivity index (χ1n) is 13.4. The molecule has 45 heavy (non-hydrogen) atoms. The van der Waals surface area contributed by atoms with Crippen LogP contribution in [0.5, 0.6) is 11.5 Å². The van der Waals surface area contributed by atoms with Gasteiger partial charge < -0.3 is 14.8 Å². The van der Waals surface area contributed by atoms with Crippen LogP contribution in [0.2, 0.25) is 5.02 Å². The molecule has 0 spiro atoms. The number of ether oxygens (including phenoxy) is 2. The molecule has 0 aliphatic heterocycles. The highest BCUT2D eigenvalue weighted by molar-refractivity contribution is 6.32. The monoisotopic (exact) mass is 638 g/mol. The first-order valence-corrected chi connectivity index (χ1v) is 13.8. The minimum Gasteiger partial charge on any atom is -0.490 e. The van der Waals surface area contributed by atoms with Crippen molar-refractivity contribution in [2.75, 3.05) is 18.5 Å². The molecule has 5 rings (SSSR count). The van der Waals surface area contributed by atoms with Crippen molar-refractivity contribution < 1.29 is 31.8 Å². The Bertz CT molecular complexity index is 1980. The summed E-state index contributed by atoms with van der Waals surface area (Å²) in [6.07, 6.45) is -3.35. The minimum atomic E-state index is -4.61. The van der Waals surface area contributed by atoms with Gasteiger partial charge in [-0.25, -0.2) is 9.37 Å². The number of para-hydroxylation sites is 1. The number of hydrogen-bond donors (Lipinski definition) is 1. The van der Waals surface area contributed by atoms with Gasteiger partial charge in [-0.15, -0.1) is 0 Å². The van der Waals surface area contributed by atoms with E-state index in [4.69, 9.17) is 21.1 Å². The summed E-state index contributed by atoms with van der Waals surface area (Å²) in [5, 5.41) is 7.04. The molecule has 1 N–H and O–H groups in total. The maximum atomic E-state index is 13.5. The van der Waals surface area contributed by atoms with Crippen molar-refractivity contribution in [3.05, 3.63) is 117 Å². The van der Waals surface area contributed by atoms with E-state index in [1.165, 1.54) is 54.7 Å². The average molecular weight is 639 g/mol. The molecule has 1 aromatic heterocycles. The van der Waals surface area contributed by atoms with Crippen LogP contribution in [0.3, 0.4) is 0 Å². The van der Waals surface area contributed by atoms with Gasteiger partial charge in [0, 0.05) is 11.3 Å². The van der Waals surface area contributed by atoms with Crippen molar-refractivity contribution in [2.24, 2.45) is 5.10 Å². The molecular weight excluding hydrogens is 616 g/mol. The summed E-state index contributed by atoms with van der Waals surface area (Å²) in [5.41, 5.74) is -0.621. The van der Waals surface area contributed by atoms with E-state index in [0.717, 1.165) is 22.9 Å². The molecule has 0 aliphatic rings. The Morgan fingerprint density at radius 2 is 1.80 bits per heavy atom. The molecule has 8 nitrogen and oxygen atoms in total. The predicted octanol–water partition coefficient (Wildman–Crippen LogP) is 7.17. The van der Waals surface area contributed by atoms with E-state index < -0.39 is 35.6 Å². The average Bonchev–Trinajstić information content (AvgIpc) is 3.00. The molecule has 0 saturated carbocycles. The van der Waals surface area contributed by atoms with Gasteiger partial charge in [0.15, 0.2) is 23.9 Å². The van der Waals surface area contributed by atoms with Crippen LogP contribution in [-0.2, 0) is 11.0 Å². The second kappa shape index (κ2) is 13.2. The molecular formula is C32H23ClF4N4O4. The summed E-state index contributed by atoms with van der Waals surface area (Å²) in [5.74, 6) is -0.987. The van der Waals surface area contributed by atoms with Crippen LogP contribution in [0.4, 0.5) is 23.2 Å². The Morgan fingerprint density at radius 1 is 1.02 bits per heavy atom. The normalized spacial score (nSPS) is 11.6. The van der Waals surface area contributed by atoms with Crippen molar-refractivity contribution in [3.63, 3.8) is 0 Å². The number of nitrogens with zero attached hydrogens (tertiary/aromatic N) is 3. The minimum absolute atomic E-state index is 0.0260. The van der Waals surface area contributed by atoms with Gasteiger partial charge in [-0.3, -0.25) is 9.59 Å². The smallest absolute Gasteiger partial charge is 0.416 e. The first-order chi connectivity index (χ1) is 21.5. The standard InChI is InChI=1S/C32H23ClF4N4O4/c1-2-44-27-14-19(13-25(33)29(27)45-18-28(42)39-23-10-6-9-22(34)16-23)17-38-41-30(20-7-5-8-21(15-20)32(35,36)37)40-26-12-4-3-11-24(26)31(41)43/h3-17H,2,18H2,1H3,(H,39,42). The maximum Gasteiger partial charge on any atom is 0.416 e. The summed E-state index contributed by atoms with van der Waals surface area (Å²) >= 11 is 6.48. The van der Waals surface area contributed by atoms with Gasteiger partial charge in [-0.05, 0) is 67.1 Å². The molecule has 0 fully saturated rings. The van der Waals surface area contributed by atoms with Crippen LogP contribution in [0, 0.1) is 5.82 Å². The number of halogens is 5. The number of aromatic nitrogens is 2. The lowest BCUT2D eigenvalue weighted by molar-refractivity contribution is -0.137. The van der Waals surface area contributed by atoms with Crippen LogP contribution in [0.15, 0.2) is 94.8 Å². The van der Waals surface area contributed by atoms with Crippen molar-refractivity contribution in [1.29, 1.82) is 0 Å². The fourth-order valence-electron chi connectivity index (χ4n) is 4.34. The van der Waals surface area contributed by atoms with Crippen molar-refractivity contribution in [2.45, 2.75) is 13.1 Å². The Labute approximate surface area is 258 Å². The fourth-order valence-corrected chi connectivity index (χ4v) is 4.62. The number of fused-ring (bicyclic) bond motifs is 1. The SMILES string of the molecule is CCOc1cc(C=Nn2c(-c3cccc(C(F)(F)F)c3)nc3ccccc3c2=O)cc(Cl)c1OCC(=O)Nc1cccc(F)c1. The van der Waals surface area contributed by atoms with Gasteiger partial charge in [-0.1, -0.05) is 41.9 Å². The molecule has 0 atom stereocenters. The third kappa shape index (κ3) is 7.29. The second-order valence-corrected chi connectivity index (χ2v) is 9.91. The number of carbonyl (C=O) groups excluding carboxylic acids is 1. The molecule has 1 heterocycles. The highest BCUT2D eigenvalue weighted by Gasteiger charge is 2.31. The topological polar surface area (TPSA) is 94.8 Å². The number of benzene rings is 4. The molecule has 0 bridgehead atoms. The van der Waals surface area contributed by atoms with Gasteiger partial charge in [0.1, 0.15) is 5.82 Å². The van der Waals surface area contributed by atoms with E-state index in [9.17, 15) is 27.2 Å². The van der Waals surface area contributed by atoms with Crippen LogP contribution in [0.25, 0.3) is 22.3 Å². The molecule has 4 aromatic carbocycles. The highest BCUT2D eigenvalue weighted by atomic mass is 35.5. The third-order valence-corrected chi connectivity index (χ3v) is 6.59. The molecule has 230 valence electrons. The van der Waals surface area contributed by atoms with E-state index in [2.05, 4.69) is 15.4 Å². The Kier molecular flexibility index (Phi) is 9.14. The quantitative estimate of drug-likeness (QED) is 0.136. The van der Waals surface area contributed by atoms with Gasteiger partial charge in [-0.2, -0.15) is 22.9 Å². The van der Waals surface area contributed by atoms with Gasteiger partial charge in [0.05, 0.1) is 34.3 Å². The zero-order valence-electron chi connectivity index (χ0n) is 23.4. The zero-order chi connectivity index (χ0) is 32.1. The van der Waals surface area contributed by atoms with Gasteiger partial charge in [0.25, 0.3) is 11.5 Å². The van der Waals surface area contributed by atoms with Gasteiger partial charge in [0.2, 0.25) is 0 Å². The number of anilines is 1. The summed E-state index contributed by atoms with van der Waals surface area (Å²) in [4.78, 5) is 30.3. The van der Waals surface area contributed by atoms with Crippen molar-refractivity contribution >= 4 is 40.3 Å².